The molecule has 86 valence electrons. The van der Waals surface area contributed by atoms with E-state index in [2.05, 4.69) is 15.9 Å². The van der Waals surface area contributed by atoms with Crippen LogP contribution in [0.4, 0.5) is 10.1 Å². The number of fused-ring (bicyclic) bond motifs is 1. The van der Waals surface area contributed by atoms with Crippen molar-refractivity contribution in [1.29, 1.82) is 0 Å². The Labute approximate surface area is 103 Å². The maximum atomic E-state index is 13.1. The summed E-state index contributed by atoms with van der Waals surface area (Å²) in [7, 11) is 0. The highest BCUT2D eigenvalue weighted by Gasteiger charge is 2.23. The molecule has 0 radical (unpaired) electrons. The smallest absolute Gasteiger partial charge is 0.227 e. The van der Waals surface area contributed by atoms with Crippen molar-refractivity contribution >= 4 is 27.5 Å². The maximum absolute atomic E-state index is 13.1. The van der Waals surface area contributed by atoms with Gasteiger partial charge in [0.15, 0.2) is 0 Å². The van der Waals surface area contributed by atoms with Gasteiger partial charge in [-0.15, -0.1) is 0 Å². The molecule has 0 N–H and O–H groups in total. The quantitative estimate of drug-likeness (QED) is 0.782. The molecule has 1 aromatic rings. The number of carbonyl (C=O) groups excluding carboxylic acids is 1. The number of rotatable bonds is 3. The van der Waals surface area contributed by atoms with Crippen molar-refractivity contribution in [3.8, 4) is 0 Å². The van der Waals surface area contributed by atoms with Crippen molar-refractivity contribution in [3.05, 3.63) is 29.6 Å². The Morgan fingerprint density at radius 3 is 2.94 bits per heavy atom. The average molecular weight is 286 g/mol. The summed E-state index contributed by atoms with van der Waals surface area (Å²) in [6, 6.07) is 4.65. The molecule has 1 aliphatic rings. The number of aryl methyl sites for hydroxylation is 1. The van der Waals surface area contributed by atoms with E-state index < -0.39 is 0 Å². The largest absolute Gasteiger partial charge is 0.312 e. The van der Waals surface area contributed by atoms with Crippen LogP contribution in [0.2, 0.25) is 0 Å². The van der Waals surface area contributed by atoms with Gasteiger partial charge in [0.1, 0.15) is 5.82 Å². The van der Waals surface area contributed by atoms with Crippen LogP contribution in [-0.4, -0.2) is 17.8 Å². The van der Waals surface area contributed by atoms with Crippen LogP contribution in [0.1, 0.15) is 18.4 Å². The fraction of sp³-hybridized carbons (Fsp3) is 0.417. The van der Waals surface area contributed by atoms with Crippen molar-refractivity contribution in [1.82, 2.24) is 0 Å². The summed E-state index contributed by atoms with van der Waals surface area (Å²) in [5, 5.41) is 0.868. The lowest BCUT2D eigenvalue weighted by molar-refractivity contribution is -0.118. The number of amides is 1. The highest BCUT2D eigenvalue weighted by Crippen LogP contribution is 2.28. The van der Waals surface area contributed by atoms with Crippen molar-refractivity contribution in [3.63, 3.8) is 0 Å². The molecule has 0 bridgehead atoms. The molecule has 0 aliphatic carbocycles. The molecular formula is C12H13BrFNO. The van der Waals surface area contributed by atoms with Crippen LogP contribution >= 0.6 is 15.9 Å². The fourth-order valence-electron chi connectivity index (χ4n) is 1.99. The molecule has 0 saturated carbocycles. The molecule has 0 spiro atoms. The molecule has 2 nitrogen and oxygen atoms in total. The number of hydrogen-bond acceptors (Lipinski definition) is 1. The highest BCUT2D eigenvalue weighted by atomic mass is 79.9. The van der Waals surface area contributed by atoms with Gasteiger partial charge in [-0.25, -0.2) is 4.39 Å². The summed E-state index contributed by atoms with van der Waals surface area (Å²) in [6.45, 7) is 0.697. The third-order valence-corrected chi connectivity index (χ3v) is 3.32. The Bertz CT molecular complexity index is 408. The van der Waals surface area contributed by atoms with Gasteiger partial charge in [0.2, 0.25) is 5.91 Å². The van der Waals surface area contributed by atoms with Crippen LogP contribution < -0.4 is 4.90 Å². The molecular weight excluding hydrogens is 273 g/mol. The molecule has 2 rings (SSSR count). The number of nitrogens with zero attached hydrogens (tertiary/aromatic N) is 1. The molecule has 0 saturated heterocycles. The van der Waals surface area contributed by atoms with Gasteiger partial charge >= 0.3 is 0 Å². The first kappa shape index (κ1) is 11.6. The Hall–Kier alpha value is -0.900. The molecule has 4 heteroatoms. The van der Waals surface area contributed by atoms with E-state index in [1.807, 2.05) is 0 Å². The number of alkyl halides is 1. The Balaban J connectivity index is 2.29. The van der Waals surface area contributed by atoms with Gasteiger partial charge in [0, 0.05) is 24.0 Å². The third kappa shape index (κ3) is 2.26. The first-order chi connectivity index (χ1) is 7.72. The van der Waals surface area contributed by atoms with Gasteiger partial charge in [-0.2, -0.15) is 0 Å². The molecule has 1 heterocycles. The first-order valence-corrected chi connectivity index (χ1v) is 6.49. The Kier molecular flexibility index (Phi) is 3.59. The van der Waals surface area contributed by atoms with Gasteiger partial charge in [0.05, 0.1) is 0 Å². The zero-order valence-electron chi connectivity index (χ0n) is 8.88. The minimum atomic E-state index is -0.228. The summed E-state index contributed by atoms with van der Waals surface area (Å²) >= 11 is 3.35. The lowest BCUT2D eigenvalue weighted by Gasteiger charge is -2.29. The van der Waals surface area contributed by atoms with Crippen LogP contribution in [0, 0.1) is 5.82 Å². The van der Waals surface area contributed by atoms with Gasteiger partial charge in [-0.05, 0) is 36.6 Å². The van der Waals surface area contributed by atoms with E-state index in [0.717, 1.165) is 23.0 Å². The van der Waals surface area contributed by atoms with E-state index in [-0.39, 0.29) is 11.7 Å². The molecule has 1 aromatic carbocycles. The molecule has 16 heavy (non-hydrogen) atoms. The molecule has 0 unspecified atom stereocenters. The van der Waals surface area contributed by atoms with Crippen LogP contribution in [-0.2, 0) is 11.2 Å². The molecule has 1 aliphatic heterocycles. The van der Waals surface area contributed by atoms with Crippen molar-refractivity contribution in [2.24, 2.45) is 0 Å². The fourth-order valence-corrected chi connectivity index (χ4v) is 2.24. The summed E-state index contributed by atoms with van der Waals surface area (Å²) < 4.78 is 13.1. The molecule has 0 aromatic heterocycles. The predicted octanol–water partition coefficient (Wildman–Crippen LogP) is 2.89. The standard InChI is InChI=1S/C12H13BrFNO/c13-6-1-7-15-11-4-3-10(14)8-9(11)2-5-12(15)16/h3-4,8H,1-2,5-7H2. The predicted molar refractivity (Wildman–Crippen MR) is 65.5 cm³/mol. The van der Waals surface area contributed by atoms with E-state index in [0.29, 0.717) is 19.4 Å². The second-order valence-corrected chi connectivity index (χ2v) is 4.65. The van der Waals surface area contributed by atoms with E-state index in [4.69, 9.17) is 0 Å². The molecule has 0 fully saturated rings. The van der Waals surface area contributed by atoms with Crippen LogP contribution in [0.3, 0.4) is 0 Å². The number of hydrogen-bond donors (Lipinski definition) is 0. The van der Waals surface area contributed by atoms with Crippen LogP contribution in [0.25, 0.3) is 0 Å². The average Bonchev–Trinajstić information content (AvgIpc) is 2.28. The van der Waals surface area contributed by atoms with E-state index in [1.165, 1.54) is 12.1 Å². The Morgan fingerprint density at radius 1 is 1.38 bits per heavy atom. The lowest BCUT2D eigenvalue weighted by atomic mass is 10.0. The van der Waals surface area contributed by atoms with Gasteiger partial charge in [-0.1, -0.05) is 15.9 Å². The summed E-state index contributed by atoms with van der Waals surface area (Å²) in [4.78, 5) is 13.5. The summed E-state index contributed by atoms with van der Waals surface area (Å²) in [5.41, 5.74) is 1.81. The monoisotopic (exact) mass is 285 g/mol. The van der Waals surface area contributed by atoms with Gasteiger partial charge in [-0.3, -0.25) is 4.79 Å². The molecule has 0 atom stereocenters. The number of anilines is 1. The number of benzene rings is 1. The zero-order chi connectivity index (χ0) is 11.5. The third-order valence-electron chi connectivity index (χ3n) is 2.76. The van der Waals surface area contributed by atoms with Crippen LogP contribution in [0.15, 0.2) is 18.2 Å². The highest BCUT2D eigenvalue weighted by molar-refractivity contribution is 9.09. The topological polar surface area (TPSA) is 20.3 Å². The Morgan fingerprint density at radius 2 is 2.19 bits per heavy atom. The number of halogens is 2. The van der Waals surface area contributed by atoms with E-state index >= 15 is 0 Å². The maximum Gasteiger partial charge on any atom is 0.227 e. The lowest BCUT2D eigenvalue weighted by Crippen LogP contribution is -2.36. The second-order valence-electron chi connectivity index (χ2n) is 3.86. The minimum absolute atomic E-state index is 0.139. The van der Waals surface area contributed by atoms with Crippen molar-refractivity contribution in [2.45, 2.75) is 19.3 Å². The van der Waals surface area contributed by atoms with E-state index in [1.54, 1.807) is 11.0 Å². The first-order valence-electron chi connectivity index (χ1n) is 5.37. The molecule has 1 amide bonds. The van der Waals surface area contributed by atoms with Gasteiger partial charge in [0.25, 0.3) is 0 Å². The summed E-state index contributed by atoms with van der Waals surface area (Å²) in [5.74, 6) is -0.0893. The SMILES string of the molecule is O=C1CCc2cc(F)ccc2N1CCCBr. The van der Waals surface area contributed by atoms with Gasteiger partial charge < -0.3 is 4.90 Å². The van der Waals surface area contributed by atoms with Crippen molar-refractivity contribution < 1.29 is 9.18 Å². The zero-order valence-corrected chi connectivity index (χ0v) is 10.5. The second kappa shape index (κ2) is 4.95. The summed E-state index contributed by atoms with van der Waals surface area (Å²) in [6.07, 6.45) is 2.04. The minimum Gasteiger partial charge on any atom is -0.312 e. The normalized spacial score (nSPS) is 15.1. The van der Waals surface area contributed by atoms with E-state index in [9.17, 15) is 9.18 Å². The van der Waals surface area contributed by atoms with Crippen LogP contribution in [0.5, 0.6) is 0 Å². The van der Waals surface area contributed by atoms with Crippen molar-refractivity contribution in [2.75, 3.05) is 16.8 Å². The number of carbonyl (C=O) groups is 1.